The molecular weight excluding hydrogens is 457 g/mol. The molecule has 0 unspecified atom stereocenters. The molecule has 2 heterocycles. The summed E-state index contributed by atoms with van der Waals surface area (Å²) in [6.07, 6.45) is 0.317. The van der Waals surface area contributed by atoms with E-state index in [0.717, 1.165) is 16.8 Å². The van der Waals surface area contributed by atoms with Crippen LogP contribution in [-0.4, -0.2) is 28.1 Å². The number of ether oxygens (including phenoxy) is 2. The maximum Gasteiger partial charge on any atom is 0.311 e. The van der Waals surface area contributed by atoms with Gasteiger partial charge in [-0.25, -0.2) is 4.98 Å². The minimum atomic E-state index is -1.03. The van der Waals surface area contributed by atoms with Crippen molar-refractivity contribution in [1.82, 2.24) is 10.1 Å². The molecule has 10 heteroatoms. The Morgan fingerprint density at radius 3 is 2.53 bits per heavy atom. The highest BCUT2D eigenvalue weighted by Crippen LogP contribution is 2.23. The van der Waals surface area contributed by atoms with Crippen LogP contribution in [0.5, 0.6) is 5.75 Å². The number of nitrogens with one attached hydrogen (secondary N) is 1. The summed E-state index contributed by atoms with van der Waals surface area (Å²) in [4.78, 5) is 28.4. The number of amides is 1. The van der Waals surface area contributed by atoms with E-state index in [4.69, 9.17) is 37.2 Å². The van der Waals surface area contributed by atoms with Gasteiger partial charge in [0.2, 0.25) is 0 Å². The van der Waals surface area contributed by atoms with Crippen LogP contribution in [0.1, 0.15) is 29.5 Å². The highest BCUT2D eigenvalue weighted by Gasteiger charge is 2.20. The number of pyridine rings is 1. The largest absolute Gasteiger partial charge is 0.489 e. The summed E-state index contributed by atoms with van der Waals surface area (Å²) in [5.74, 6) is 0.387. The van der Waals surface area contributed by atoms with Gasteiger partial charge in [-0.15, -0.1) is 0 Å². The van der Waals surface area contributed by atoms with Crippen molar-refractivity contribution in [3.05, 3.63) is 69.2 Å². The van der Waals surface area contributed by atoms with Crippen molar-refractivity contribution in [1.29, 1.82) is 0 Å². The minimum Gasteiger partial charge on any atom is -0.489 e. The summed E-state index contributed by atoms with van der Waals surface area (Å²) in [6.45, 7) is 5.48. The average molecular weight is 478 g/mol. The molecule has 2 aromatic heterocycles. The quantitative estimate of drug-likeness (QED) is 0.469. The summed E-state index contributed by atoms with van der Waals surface area (Å²) >= 11 is 11.8. The summed E-state index contributed by atoms with van der Waals surface area (Å²) in [7, 11) is 0. The number of hydrogen-bond donors (Lipinski definition) is 1. The SMILES string of the molecule is Cc1noc(C)c1COc1ccc(CC(=O)O[C@H](C)C(=O)Nc2ncc(Cl)cc2Cl)cc1. The molecular formula is C22H21Cl2N3O5. The molecule has 0 saturated carbocycles. The first kappa shape index (κ1) is 23.6. The number of esters is 1. The minimum absolute atomic E-state index is 0.00170. The summed E-state index contributed by atoms with van der Waals surface area (Å²) in [5.41, 5.74) is 2.41. The van der Waals surface area contributed by atoms with E-state index in [0.29, 0.717) is 23.1 Å². The van der Waals surface area contributed by atoms with Gasteiger partial charge in [0.05, 0.1) is 27.7 Å². The predicted molar refractivity (Wildman–Crippen MR) is 119 cm³/mol. The number of aryl methyl sites for hydroxylation is 2. The van der Waals surface area contributed by atoms with Crippen LogP contribution in [0.15, 0.2) is 41.1 Å². The summed E-state index contributed by atoms with van der Waals surface area (Å²) in [6, 6.07) is 8.47. The van der Waals surface area contributed by atoms with Crippen LogP contribution < -0.4 is 10.1 Å². The molecule has 0 spiro atoms. The van der Waals surface area contributed by atoms with E-state index in [-0.39, 0.29) is 17.3 Å². The zero-order valence-electron chi connectivity index (χ0n) is 17.6. The lowest BCUT2D eigenvalue weighted by atomic mass is 10.1. The second-order valence-corrected chi connectivity index (χ2v) is 7.86. The van der Waals surface area contributed by atoms with E-state index in [1.807, 2.05) is 13.8 Å². The summed E-state index contributed by atoms with van der Waals surface area (Å²) in [5, 5.41) is 6.92. The molecule has 0 bridgehead atoms. The van der Waals surface area contributed by atoms with E-state index in [9.17, 15) is 9.59 Å². The van der Waals surface area contributed by atoms with Gasteiger partial charge in [0, 0.05) is 6.20 Å². The number of hydrogen-bond acceptors (Lipinski definition) is 7. The normalized spacial score (nSPS) is 11.7. The molecule has 0 aliphatic rings. The third kappa shape index (κ3) is 6.21. The van der Waals surface area contributed by atoms with Gasteiger partial charge in [-0.1, -0.05) is 40.5 Å². The molecule has 1 amide bonds. The molecule has 1 N–H and O–H groups in total. The molecule has 0 saturated heterocycles. The van der Waals surface area contributed by atoms with E-state index >= 15 is 0 Å². The number of aromatic nitrogens is 2. The molecule has 3 aromatic rings. The van der Waals surface area contributed by atoms with Crippen molar-refractivity contribution in [2.24, 2.45) is 0 Å². The molecule has 8 nitrogen and oxygen atoms in total. The van der Waals surface area contributed by atoms with Crippen molar-refractivity contribution in [2.45, 2.75) is 39.9 Å². The maximum absolute atomic E-state index is 12.3. The van der Waals surface area contributed by atoms with Crippen molar-refractivity contribution < 1.29 is 23.6 Å². The molecule has 0 radical (unpaired) electrons. The Balaban J connectivity index is 1.49. The van der Waals surface area contributed by atoms with Crippen LogP contribution in [0.3, 0.4) is 0 Å². The van der Waals surface area contributed by atoms with Crippen LogP contribution in [0.2, 0.25) is 10.0 Å². The fourth-order valence-corrected chi connectivity index (χ4v) is 3.18. The number of rotatable bonds is 8. The first-order valence-electron chi connectivity index (χ1n) is 9.68. The monoisotopic (exact) mass is 477 g/mol. The molecule has 168 valence electrons. The van der Waals surface area contributed by atoms with Crippen molar-refractivity contribution in [2.75, 3.05) is 5.32 Å². The van der Waals surface area contributed by atoms with Crippen molar-refractivity contribution in [3.8, 4) is 5.75 Å². The molecule has 1 aromatic carbocycles. The summed E-state index contributed by atoms with van der Waals surface area (Å²) < 4.78 is 16.1. The topological polar surface area (TPSA) is 104 Å². The van der Waals surface area contributed by atoms with Crippen molar-refractivity contribution in [3.63, 3.8) is 0 Å². The van der Waals surface area contributed by atoms with Crippen molar-refractivity contribution >= 4 is 40.9 Å². The smallest absolute Gasteiger partial charge is 0.311 e. The fourth-order valence-electron chi connectivity index (χ4n) is 2.75. The highest BCUT2D eigenvalue weighted by atomic mass is 35.5. The van der Waals surface area contributed by atoms with Gasteiger partial charge in [0.25, 0.3) is 5.91 Å². The third-order valence-electron chi connectivity index (χ3n) is 4.56. The Labute approximate surface area is 194 Å². The number of carbonyl (C=O) groups excluding carboxylic acids is 2. The molecule has 3 rings (SSSR count). The number of halogens is 2. The van der Waals surface area contributed by atoms with Crippen LogP contribution in [0.25, 0.3) is 0 Å². The van der Waals surface area contributed by atoms with Crippen LogP contribution in [-0.2, 0) is 27.4 Å². The van der Waals surface area contributed by atoms with Gasteiger partial charge >= 0.3 is 5.97 Å². The van der Waals surface area contributed by atoms with Gasteiger partial charge in [-0.05, 0) is 44.5 Å². The van der Waals surface area contributed by atoms with E-state index in [2.05, 4.69) is 15.5 Å². The number of carbonyl (C=O) groups is 2. The maximum atomic E-state index is 12.3. The Hall–Kier alpha value is -3.10. The molecule has 32 heavy (non-hydrogen) atoms. The molecule has 1 atom stereocenters. The first-order chi connectivity index (χ1) is 15.2. The Kier molecular flexibility index (Phi) is 7.71. The Bertz CT molecular complexity index is 1100. The Morgan fingerprint density at radius 2 is 1.91 bits per heavy atom. The van der Waals surface area contributed by atoms with Crippen LogP contribution >= 0.6 is 23.2 Å². The predicted octanol–water partition coefficient (Wildman–Crippen LogP) is 4.69. The van der Waals surface area contributed by atoms with Gasteiger partial charge in [0.1, 0.15) is 18.1 Å². The second-order valence-electron chi connectivity index (χ2n) is 7.02. The number of benzene rings is 1. The average Bonchev–Trinajstić information content (AvgIpc) is 3.06. The van der Waals surface area contributed by atoms with E-state index < -0.39 is 18.0 Å². The lowest BCUT2D eigenvalue weighted by Crippen LogP contribution is -2.30. The third-order valence-corrected chi connectivity index (χ3v) is 5.06. The molecule has 0 aliphatic heterocycles. The van der Waals surface area contributed by atoms with E-state index in [1.165, 1.54) is 19.2 Å². The zero-order valence-corrected chi connectivity index (χ0v) is 19.2. The number of anilines is 1. The van der Waals surface area contributed by atoms with Crippen LogP contribution in [0.4, 0.5) is 5.82 Å². The second kappa shape index (κ2) is 10.5. The lowest BCUT2D eigenvalue weighted by molar-refractivity contribution is -0.152. The molecule has 0 aliphatic carbocycles. The van der Waals surface area contributed by atoms with Gasteiger partial charge < -0.3 is 19.3 Å². The lowest BCUT2D eigenvalue weighted by Gasteiger charge is -2.14. The first-order valence-corrected chi connectivity index (χ1v) is 10.4. The van der Waals surface area contributed by atoms with Gasteiger partial charge in [0.15, 0.2) is 11.9 Å². The van der Waals surface area contributed by atoms with Crippen LogP contribution in [0, 0.1) is 13.8 Å². The standard InChI is InChI=1S/C22H21Cl2N3O5/c1-12-18(13(2)32-27-12)11-30-17-6-4-15(5-7-17)8-20(28)31-14(3)22(29)26-21-19(24)9-16(23)10-25-21/h4-7,9-10,14H,8,11H2,1-3H3,(H,25,26,29)/t14-/m1/s1. The molecule has 0 fully saturated rings. The Morgan fingerprint density at radius 1 is 1.19 bits per heavy atom. The number of nitrogens with zero attached hydrogens (tertiary/aromatic N) is 2. The zero-order chi connectivity index (χ0) is 23.3. The van der Waals surface area contributed by atoms with Gasteiger partial charge in [-0.3, -0.25) is 9.59 Å². The fraction of sp³-hybridized carbons (Fsp3) is 0.273. The highest BCUT2D eigenvalue weighted by molar-refractivity contribution is 6.36. The van der Waals surface area contributed by atoms with E-state index in [1.54, 1.807) is 24.3 Å². The van der Waals surface area contributed by atoms with Gasteiger partial charge in [-0.2, -0.15) is 0 Å².